The molecule has 0 bridgehead atoms. The summed E-state index contributed by atoms with van der Waals surface area (Å²) >= 11 is 5.82. The smallest absolute Gasteiger partial charge is 0.264 e. The number of allylic oxidation sites excluding steroid dienone is 1. The Labute approximate surface area is 114 Å². The highest BCUT2D eigenvalue weighted by Gasteiger charge is 2.51. The summed E-state index contributed by atoms with van der Waals surface area (Å²) in [5, 5.41) is 20.0. The third kappa shape index (κ3) is 2.09. The molecule has 1 aromatic rings. The normalized spacial score (nSPS) is 22.7. The molecule has 0 aliphatic carbocycles. The molecule has 1 aliphatic heterocycles. The first-order valence-corrected chi connectivity index (χ1v) is 5.79. The van der Waals surface area contributed by atoms with Gasteiger partial charge in [0.15, 0.2) is 11.2 Å². The molecule has 19 heavy (non-hydrogen) atoms. The summed E-state index contributed by atoms with van der Waals surface area (Å²) in [6, 6.07) is 5.16. The Bertz CT molecular complexity index is 633. The average molecular weight is 277 g/mol. The summed E-state index contributed by atoms with van der Waals surface area (Å²) in [5.41, 5.74) is -0.137. The molecule has 2 heterocycles. The highest BCUT2D eigenvalue weighted by atomic mass is 35.5. The molecular weight excluding hydrogens is 268 g/mol. The van der Waals surface area contributed by atoms with Gasteiger partial charge in [0.05, 0.1) is 6.42 Å². The molecule has 1 aliphatic rings. The first-order valence-electron chi connectivity index (χ1n) is 5.42. The maximum Gasteiger partial charge on any atom is 0.361 e. The van der Waals surface area contributed by atoms with Crippen LogP contribution in [0, 0.1) is 21.4 Å². The summed E-state index contributed by atoms with van der Waals surface area (Å²) in [6.45, 7) is 1.70. The van der Waals surface area contributed by atoms with Gasteiger partial charge in [0.1, 0.15) is 0 Å². The van der Waals surface area contributed by atoms with E-state index < -0.39 is 10.5 Å². The minimum atomic E-state index is -2.01. The van der Waals surface area contributed by atoms with Gasteiger partial charge in [-0.3, -0.25) is 15.1 Å². The van der Waals surface area contributed by atoms with Gasteiger partial charge >= 0.3 is 5.54 Å². The maximum absolute atomic E-state index is 11.2. The highest BCUT2D eigenvalue weighted by molar-refractivity contribution is 6.68. The molecule has 0 aromatic carbocycles. The molecule has 1 aromatic heterocycles. The molecule has 96 valence electrons. The van der Waals surface area contributed by atoms with Crippen molar-refractivity contribution in [2.24, 2.45) is 4.99 Å². The predicted octanol–water partition coefficient (Wildman–Crippen LogP) is 2.39. The van der Waals surface area contributed by atoms with E-state index in [1.165, 1.54) is 0 Å². The quantitative estimate of drug-likeness (QED) is 0.612. The van der Waals surface area contributed by atoms with Crippen LogP contribution in [-0.4, -0.2) is 20.6 Å². The van der Waals surface area contributed by atoms with Crippen LogP contribution in [0.4, 0.5) is 0 Å². The fraction of sp³-hybridized carbons (Fsp3) is 0.250. The van der Waals surface area contributed by atoms with Crippen molar-refractivity contribution < 1.29 is 4.92 Å². The number of nitriles is 1. The molecule has 0 radical (unpaired) electrons. The van der Waals surface area contributed by atoms with Gasteiger partial charge in [-0.15, -0.1) is 0 Å². The maximum atomic E-state index is 11.2. The molecule has 0 saturated carbocycles. The lowest BCUT2D eigenvalue weighted by molar-refractivity contribution is -0.528. The summed E-state index contributed by atoms with van der Waals surface area (Å²) in [7, 11) is 0. The molecule has 7 heteroatoms. The van der Waals surface area contributed by atoms with E-state index in [1.54, 1.807) is 37.5 Å². The number of rotatable bonds is 2. The summed E-state index contributed by atoms with van der Waals surface area (Å²) in [4.78, 5) is 18.4. The van der Waals surface area contributed by atoms with E-state index in [-0.39, 0.29) is 11.6 Å². The molecule has 0 amide bonds. The standard InChI is InChI=1S/C12H9ClN4O2/c1-8-10(9-3-2-4-15-6-9)5-12(7-14,17(18)19)11(13)16-8/h2-4,6H,5H2,1H3. The molecular formula is C12H9ClN4O2. The number of halogens is 1. The number of hydrogen-bond acceptors (Lipinski definition) is 5. The van der Waals surface area contributed by atoms with Crippen molar-refractivity contribution in [3.63, 3.8) is 0 Å². The van der Waals surface area contributed by atoms with Gasteiger partial charge in [0, 0.05) is 23.0 Å². The van der Waals surface area contributed by atoms with Crippen LogP contribution < -0.4 is 0 Å². The van der Waals surface area contributed by atoms with Crippen molar-refractivity contribution >= 4 is 22.3 Å². The van der Waals surface area contributed by atoms with Crippen molar-refractivity contribution in [3.05, 3.63) is 45.9 Å². The zero-order valence-corrected chi connectivity index (χ0v) is 10.8. The Hall–Kier alpha value is -2.26. The SMILES string of the molecule is CC1=C(c2cccnc2)CC(C#N)([N+](=O)[O-])C(Cl)=N1. The number of aromatic nitrogens is 1. The first-order chi connectivity index (χ1) is 9.01. The van der Waals surface area contributed by atoms with E-state index in [0.29, 0.717) is 16.8 Å². The van der Waals surface area contributed by atoms with Crippen LogP contribution in [0.5, 0.6) is 0 Å². The zero-order chi connectivity index (χ0) is 14.0. The number of nitrogens with zero attached hydrogens (tertiary/aromatic N) is 4. The van der Waals surface area contributed by atoms with Crippen molar-refractivity contribution in [3.8, 4) is 6.07 Å². The second-order valence-corrected chi connectivity index (χ2v) is 4.47. The number of aliphatic imine (C=N–C) groups is 1. The minimum absolute atomic E-state index is 0.115. The van der Waals surface area contributed by atoms with Gasteiger partial charge in [-0.1, -0.05) is 17.7 Å². The van der Waals surface area contributed by atoms with E-state index >= 15 is 0 Å². The Morgan fingerprint density at radius 3 is 2.89 bits per heavy atom. The largest absolute Gasteiger partial charge is 0.361 e. The Morgan fingerprint density at radius 2 is 2.37 bits per heavy atom. The van der Waals surface area contributed by atoms with Crippen LogP contribution in [0.25, 0.3) is 5.57 Å². The van der Waals surface area contributed by atoms with Gasteiger partial charge in [-0.2, -0.15) is 5.26 Å². The molecule has 1 unspecified atom stereocenters. The molecule has 0 N–H and O–H groups in total. The van der Waals surface area contributed by atoms with Crippen molar-refractivity contribution in [1.29, 1.82) is 5.26 Å². The molecule has 6 nitrogen and oxygen atoms in total. The first kappa shape index (κ1) is 13.2. The van der Waals surface area contributed by atoms with Gasteiger partial charge in [0.2, 0.25) is 0 Å². The fourth-order valence-electron chi connectivity index (χ4n) is 1.88. The van der Waals surface area contributed by atoms with Gasteiger partial charge in [-0.05, 0) is 24.1 Å². The van der Waals surface area contributed by atoms with Crippen LogP contribution in [0.1, 0.15) is 18.9 Å². The molecule has 2 rings (SSSR count). The monoisotopic (exact) mass is 276 g/mol. The van der Waals surface area contributed by atoms with E-state index in [1.807, 2.05) is 0 Å². The molecule has 0 fully saturated rings. The van der Waals surface area contributed by atoms with Crippen molar-refractivity contribution in [2.45, 2.75) is 18.9 Å². The van der Waals surface area contributed by atoms with Crippen LogP contribution in [0.2, 0.25) is 0 Å². The van der Waals surface area contributed by atoms with Gasteiger partial charge in [-0.25, -0.2) is 4.99 Å². The predicted molar refractivity (Wildman–Crippen MR) is 70.1 cm³/mol. The van der Waals surface area contributed by atoms with E-state index in [9.17, 15) is 10.1 Å². The Morgan fingerprint density at radius 1 is 1.63 bits per heavy atom. The van der Waals surface area contributed by atoms with Crippen molar-refractivity contribution in [2.75, 3.05) is 0 Å². The lowest BCUT2D eigenvalue weighted by Crippen LogP contribution is -2.44. The Kier molecular flexibility index (Phi) is 3.32. The van der Waals surface area contributed by atoms with Crippen LogP contribution in [-0.2, 0) is 0 Å². The third-order valence-electron chi connectivity index (χ3n) is 2.98. The third-order valence-corrected chi connectivity index (χ3v) is 3.38. The van der Waals surface area contributed by atoms with Gasteiger partial charge in [0.25, 0.3) is 0 Å². The van der Waals surface area contributed by atoms with Crippen molar-refractivity contribution in [1.82, 2.24) is 4.98 Å². The average Bonchev–Trinajstić information content (AvgIpc) is 2.40. The summed E-state index contributed by atoms with van der Waals surface area (Å²) in [6.07, 6.45) is 3.07. The highest BCUT2D eigenvalue weighted by Crippen LogP contribution is 2.36. The number of hydrogen-bond donors (Lipinski definition) is 0. The zero-order valence-electron chi connectivity index (χ0n) is 10.00. The molecule has 0 saturated heterocycles. The van der Waals surface area contributed by atoms with Crippen LogP contribution in [0.3, 0.4) is 0 Å². The number of pyridine rings is 1. The van der Waals surface area contributed by atoms with Gasteiger partial charge < -0.3 is 0 Å². The summed E-state index contributed by atoms with van der Waals surface area (Å²) < 4.78 is 0. The minimum Gasteiger partial charge on any atom is -0.264 e. The Balaban J connectivity index is 2.56. The summed E-state index contributed by atoms with van der Waals surface area (Å²) in [5.74, 6) is 0. The second-order valence-electron chi connectivity index (χ2n) is 4.11. The fourth-order valence-corrected chi connectivity index (χ4v) is 2.19. The lowest BCUT2D eigenvalue weighted by Gasteiger charge is -2.23. The van der Waals surface area contributed by atoms with E-state index in [2.05, 4.69) is 9.98 Å². The van der Waals surface area contributed by atoms with E-state index in [4.69, 9.17) is 16.9 Å². The van der Waals surface area contributed by atoms with Crippen LogP contribution >= 0.6 is 11.6 Å². The lowest BCUT2D eigenvalue weighted by atomic mass is 9.87. The molecule has 0 spiro atoms. The topological polar surface area (TPSA) is 92.2 Å². The van der Waals surface area contributed by atoms with Crippen LogP contribution in [0.15, 0.2) is 35.2 Å². The van der Waals surface area contributed by atoms with E-state index in [0.717, 1.165) is 0 Å². The second kappa shape index (κ2) is 4.78. The number of nitro groups is 1. The molecule has 1 atom stereocenters.